The van der Waals surface area contributed by atoms with Gasteiger partial charge in [-0.3, -0.25) is 4.98 Å². The van der Waals surface area contributed by atoms with E-state index in [4.69, 9.17) is 4.74 Å². The fourth-order valence-corrected chi connectivity index (χ4v) is 2.52. The molecular weight excluding hydrogens is 344 g/mol. The summed E-state index contributed by atoms with van der Waals surface area (Å²) in [6.45, 7) is 2.07. The van der Waals surface area contributed by atoms with Gasteiger partial charge in [0.25, 0.3) is 0 Å². The maximum absolute atomic E-state index is 11.5. The first-order valence-electron chi connectivity index (χ1n) is 5.84. The van der Waals surface area contributed by atoms with E-state index in [1.54, 1.807) is 24.6 Å². The van der Waals surface area contributed by atoms with Crippen molar-refractivity contribution in [2.45, 2.75) is 11.8 Å². The number of halogens is 1. The number of esters is 1. The van der Waals surface area contributed by atoms with Crippen LogP contribution in [0.25, 0.3) is 10.6 Å². The molecule has 0 aliphatic rings. The fraction of sp³-hybridized carbons (Fsp3) is 0.231. The highest BCUT2D eigenvalue weighted by atomic mass is 79.9. The lowest BCUT2D eigenvalue weighted by Crippen LogP contribution is -2.04. The summed E-state index contributed by atoms with van der Waals surface area (Å²) in [5.41, 5.74) is 1.72. The number of hydrogen-bond donors (Lipinski definition) is 0. The molecule has 0 aliphatic carbocycles. The predicted octanol–water partition coefficient (Wildman–Crippen LogP) is 3.02. The van der Waals surface area contributed by atoms with Crippen LogP contribution in [0.1, 0.15) is 27.9 Å². The van der Waals surface area contributed by atoms with E-state index in [2.05, 4.69) is 25.9 Å². The molecule has 0 saturated carbocycles. The Balaban J connectivity index is 2.20. The van der Waals surface area contributed by atoms with E-state index in [0.29, 0.717) is 23.0 Å². The Morgan fingerprint density at radius 2 is 2.35 bits per heavy atom. The van der Waals surface area contributed by atoms with Crippen LogP contribution < -0.4 is 0 Å². The number of nitrogens with zero attached hydrogens (tertiary/aromatic N) is 2. The van der Waals surface area contributed by atoms with E-state index in [9.17, 15) is 9.59 Å². The lowest BCUT2D eigenvalue weighted by molar-refractivity contribution is -0.107. The number of aldehydes is 1. The highest BCUT2D eigenvalue weighted by Gasteiger charge is 2.13. The molecule has 104 valence electrons. The molecule has 0 bridgehead atoms. The number of ether oxygens (including phenoxy) is 1. The fourth-order valence-electron chi connectivity index (χ4n) is 1.47. The van der Waals surface area contributed by atoms with Gasteiger partial charge >= 0.3 is 5.97 Å². The number of rotatable bonds is 5. The molecule has 2 aromatic heterocycles. The second-order valence-corrected chi connectivity index (χ2v) is 5.61. The maximum atomic E-state index is 11.5. The van der Waals surface area contributed by atoms with Gasteiger partial charge in [0.1, 0.15) is 16.1 Å². The molecule has 2 aromatic rings. The Morgan fingerprint density at radius 3 is 2.95 bits per heavy atom. The summed E-state index contributed by atoms with van der Waals surface area (Å²) in [5.74, 6) is -0.430. The Hall–Kier alpha value is -1.60. The summed E-state index contributed by atoms with van der Waals surface area (Å²) >= 11 is 4.55. The quantitative estimate of drug-likeness (QED) is 0.469. The number of carbonyl (C=O) groups is 2. The van der Waals surface area contributed by atoms with Crippen LogP contribution in [0.15, 0.2) is 23.7 Å². The van der Waals surface area contributed by atoms with E-state index >= 15 is 0 Å². The van der Waals surface area contributed by atoms with Crippen molar-refractivity contribution in [1.82, 2.24) is 9.97 Å². The average Bonchev–Trinajstić information content (AvgIpc) is 2.97. The summed E-state index contributed by atoms with van der Waals surface area (Å²) in [6, 6.07) is 3.56. The summed E-state index contributed by atoms with van der Waals surface area (Å²) < 4.78 is 4.89. The topological polar surface area (TPSA) is 69.2 Å². The number of aromatic nitrogens is 2. The second kappa shape index (κ2) is 6.71. The van der Waals surface area contributed by atoms with Gasteiger partial charge in [0.15, 0.2) is 5.69 Å². The van der Waals surface area contributed by atoms with Crippen molar-refractivity contribution >= 4 is 39.5 Å². The van der Waals surface area contributed by atoms with Crippen LogP contribution in [-0.2, 0) is 9.53 Å². The minimum atomic E-state index is -0.430. The van der Waals surface area contributed by atoms with Gasteiger partial charge in [0.2, 0.25) is 0 Å². The minimum absolute atomic E-state index is 0.294. The van der Waals surface area contributed by atoms with Crippen LogP contribution in [0.2, 0.25) is 0 Å². The van der Waals surface area contributed by atoms with Crippen LogP contribution in [-0.4, -0.2) is 28.8 Å². The van der Waals surface area contributed by atoms with Crippen LogP contribution in [0.4, 0.5) is 0 Å². The van der Waals surface area contributed by atoms with Gasteiger partial charge in [0, 0.05) is 17.1 Å². The molecule has 0 fully saturated rings. The van der Waals surface area contributed by atoms with Crippen LogP contribution in [0.5, 0.6) is 0 Å². The van der Waals surface area contributed by atoms with Crippen LogP contribution >= 0.6 is 27.3 Å². The van der Waals surface area contributed by atoms with Crippen LogP contribution in [0.3, 0.4) is 0 Å². The molecule has 2 rings (SSSR count). The first-order valence-corrected chi connectivity index (χ1v) is 7.63. The van der Waals surface area contributed by atoms with Crippen LogP contribution in [0, 0.1) is 0 Å². The van der Waals surface area contributed by atoms with Gasteiger partial charge in [-0.25, -0.2) is 9.78 Å². The van der Waals surface area contributed by atoms with Crippen molar-refractivity contribution < 1.29 is 14.3 Å². The first kappa shape index (κ1) is 14.8. The highest BCUT2D eigenvalue weighted by molar-refractivity contribution is 9.09. The Morgan fingerprint density at radius 1 is 1.55 bits per heavy atom. The van der Waals surface area contributed by atoms with Gasteiger partial charge in [-0.2, -0.15) is 0 Å². The number of thiazole rings is 1. The molecule has 0 aromatic carbocycles. The normalized spacial score (nSPS) is 11.9. The standard InChI is InChI=1S/C13H11BrN2O3S/c1-2-19-13(18)11-7-20-12(16-11)8-3-4-10(15-5-8)9(14)6-17/h3-7,9H,2H2,1H3. The largest absolute Gasteiger partial charge is 0.461 e. The molecule has 0 spiro atoms. The lowest BCUT2D eigenvalue weighted by Gasteiger charge is -2.02. The monoisotopic (exact) mass is 354 g/mol. The molecule has 0 N–H and O–H groups in total. The Labute approximate surface area is 128 Å². The summed E-state index contributed by atoms with van der Waals surface area (Å²) in [6.07, 6.45) is 2.39. The Bertz CT molecular complexity index is 612. The van der Waals surface area contributed by atoms with E-state index in [1.807, 2.05) is 6.07 Å². The SMILES string of the molecule is CCOC(=O)c1csc(-c2ccc(C(Br)C=O)nc2)n1. The molecule has 5 nitrogen and oxygen atoms in total. The summed E-state index contributed by atoms with van der Waals surface area (Å²) in [7, 11) is 0. The average molecular weight is 355 g/mol. The van der Waals surface area contributed by atoms with E-state index in [1.165, 1.54) is 11.3 Å². The predicted molar refractivity (Wildman–Crippen MR) is 79.0 cm³/mol. The van der Waals surface area contributed by atoms with E-state index in [0.717, 1.165) is 11.8 Å². The van der Waals surface area contributed by atoms with Gasteiger partial charge in [-0.05, 0) is 19.1 Å². The van der Waals surface area contributed by atoms with Crippen molar-refractivity contribution in [3.8, 4) is 10.6 Å². The van der Waals surface area contributed by atoms with Gasteiger partial charge in [0.05, 0.1) is 12.3 Å². The maximum Gasteiger partial charge on any atom is 0.357 e. The molecule has 7 heteroatoms. The van der Waals surface area contributed by atoms with Crippen molar-refractivity contribution in [3.63, 3.8) is 0 Å². The molecule has 1 unspecified atom stereocenters. The van der Waals surface area contributed by atoms with Crippen molar-refractivity contribution in [2.75, 3.05) is 6.61 Å². The molecule has 0 aliphatic heterocycles. The third-order valence-electron chi connectivity index (χ3n) is 2.42. The van der Waals surface area contributed by atoms with Gasteiger partial charge in [-0.1, -0.05) is 15.9 Å². The lowest BCUT2D eigenvalue weighted by atomic mass is 10.2. The van der Waals surface area contributed by atoms with E-state index < -0.39 is 10.8 Å². The molecule has 0 amide bonds. The highest BCUT2D eigenvalue weighted by Crippen LogP contribution is 2.25. The number of pyridine rings is 1. The van der Waals surface area contributed by atoms with E-state index in [-0.39, 0.29) is 0 Å². The van der Waals surface area contributed by atoms with Crippen molar-refractivity contribution in [2.24, 2.45) is 0 Å². The van der Waals surface area contributed by atoms with Crippen molar-refractivity contribution in [1.29, 1.82) is 0 Å². The van der Waals surface area contributed by atoms with Gasteiger partial charge < -0.3 is 9.53 Å². The molecule has 1 atom stereocenters. The number of alkyl halides is 1. The Kier molecular flexibility index (Phi) is 4.97. The number of hydrogen-bond acceptors (Lipinski definition) is 6. The molecule has 0 saturated heterocycles. The number of carbonyl (C=O) groups excluding carboxylic acids is 2. The zero-order valence-corrected chi connectivity index (χ0v) is 13.0. The second-order valence-electron chi connectivity index (χ2n) is 3.77. The molecule has 20 heavy (non-hydrogen) atoms. The zero-order chi connectivity index (χ0) is 14.5. The summed E-state index contributed by atoms with van der Waals surface area (Å²) in [5, 5.41) is 2.34. The molecule has 0 radical (unpaired) electrons. The smallest absolute Gasteiger partial charge is 0.357 e. The minimum Gasteiger partial charge on any atom is -0.461 e. The zero-order valence-electron chi connectivity index (χ0n) is 10.6. The van der Waals surface area contributed by atoms with Gasteiger partial charge in [-0.15, -0.1) is 11.3 Å². The first-order chi connectivity index (χ1) is 9.65. The third kappa shape index (κ3) is 3.29. The molecular formula is C13H11BrN2O3S. The summed E-state index contributed by atoms with van der Waals surface area (Å²) in [4.78, 5) is 30.2. The third-order valence-corrected chi connectivity index (χ3v) is 4.00. The van der Waals surface area contributed by atoms with Crippen molar-refractivity contribution in [3.05, 3.63) is 35.1 Å². The molecule has 2 heterocycles.